The van der Waals surface area contributed by atoms with Crippen molar-refractivity contribution in [3.8, 4) is 5.75 Å². The van der Waals surface area contributed by atoms with Crippen LogP contribution in [0.1, 0.15) is 25.0 Å². The Morgan fingerprint density at radius 3 is 3.00 bits per heavy atom. The molecule has 1 heterocycles. The zero-order valence-corrected chi connectivity index (χ0v) is 10.6. The zero-order chi connectivity index (χ0) is 11.5. The van der Waals surface area contributed by atoms with E-state index in [1.165, 1.54) is 16.7 Å². The van der Waals surface area contributed by atoms with Crippen LogP contribution in [0.25, 0.3) is 6.08 Å². The van der Waals surface area contributed by atoms with E-state index >= 15 is 0 Å². The standard InChI is InChI=1S/C14H17ClO/c1-10(2)13(9-15)8-11-3-4-14-12(7-11)5-6-16-14/h3-4,7-8,10H,5-6,9H2,1-2H3. The van der Waals surface area contributed by atoms with Crippen LogP contribution in [-0.2, 0) is 6.42 Å². The molecule has 0 saturated heterocycles. The highest BCUT2D eigenvalue weighted by Crippen LogP contribution is 2.27. The van der Waals surface area contributed by atoms with E-state index in [0.717, 1.165) is 18.8 Å². The summed E-state index contributed by atoms with van der Waals surface area (Å²) in [6.45, 7) is 5.16. The van der Waals surface area contributed by atoms with Crippen molar-refractivity contribution in [2.75, 3.05) is 12.5 Å². The van der Waals surface area contributed by atoms with E-state index in [-0.39, 0.29) is 0 Å². The molecule has 0 fully saturated rings. The van der Waals surface area contributed by atoms with Gasteiger partial charge in [-0.3, -0.25) is 0 Å². The van der Waals surface area contributed by atoms with Crippen molar-refractivity contribution in [1.82, 2.24) is 0 Å². The molecule has 0 aromatic heterocycles. The molecule has 0 saturated carbocycles. The van der Waals surface area contributed by atoms with Gasteiger partial charge >= 0.3 is 0 Å². The number of fused-ring (bicyclic) bond motifs is 1. The Morgan fingerprint density at radius 2 is 2.31 bits per heavy atom. The fraction of sp³-hybridized carbons (Fsp3) is 0.429. The van der Waals surface area contributed by atoms with Crippen LogP contribution in [0.2, 0.25) is 0 Å². The Kier molecular flexibility index (Phi) is 3.55. The summed E-state index contributed by atoms with van der Waals surface area (Å²) in [5.74, 6) is 2.14. The number of rotatable bonds is 3. The van der Waals surface area contributed by atoms with Gasteiger partial charge in [0.15, 0.2) is 0 Å². The number of benzene rings is 1. The summed E-state index contributed by atoms with van der Waals surface area (Å²) in [6, 6.07) is 6.36. The number of hydrogen-bond donors (Lipinski definition) is 0. The lowest BCUT2D eigenvalue weighted by Gasteiger charge is -2.08. The van der Waals surface area contributed by atoms with Crippen LogP contribution in [0, 0.1) is 5.92 Å². The third-order valence-electron chi connectivity index (χ3n) is 2.96. The third kappa shape index (κ3) is 2.41. The van der Waals surface area contributed by atoms with Gasteiger partial charge in [0.25, 0.3) is 0 Å². The van der Waals surface area contributed by atoms with Crippen LogP contribution in [0.3, 0.4) is 0 Å². The summed E-state index contributed by atoms with van der Waals surface area (Å²) in [5.41, 5.74) is 3.82. The van der Waals surface area contributed by atoms with Crippen molar-refractivity contribution in [2.24, 2.45) is 5.92 Å². The minimum absolute atomic E-state index is 0.502. The minimum Gasteiger partial charge on any atom is -0.493 e. The molecule has 2 rings (SSSR count). The van der Waals surface area contributed by atoms with Crippen LogP contribution in [-0.4, -0.2) is 12.5 Å². The van der Waals surface area contributed by atoms with Crippen LogP contribution >= 0.6 is 11.6 Å². The predicted octanol–water partition coefficient (Wildman–Crippen LogP) is 3.90. The lowest BCUT2D eigenvalue weighted by atomic mass is 10.0. The number of alkyl halides is 1. The summed E-state index contributed by atoms with van der Waals surface area (Å²) >= 11 is 5.94. The van der Waals surface area contributed by atoms with Crippen molar-refractivity contribution in [3.05, 3.63) is 34.9 Å². The topological polar surface area (TPSA) is 9.23 Å². The SMILES string of the molecule is CC(C)C(=Cc1ccc2c(c1)CCO2)CCl. The summed E-state index contributed by atoms with van der Waals surface area (Å²) in [6.07, 6.45) is 3.21. The average Bonchev–Trinajstić information content (AvgIpc) is 2.72. The molecule has 16 heavy (non-hydrogen) atoms. The quantitative estimate of drug-likeness (QED) is 0.724. The predicted molar refractivity (Wildman–Crippen MR) is 69.2 cm³/mol. The maximum Gasteiger partial charge on any atom is 0.122 e. The molecule has 0 aliphatic carbocycles. The molecule has 1 aliphatic heterocycles. The molecule has 0 unspecified atom stereocenters. The monoisotopic (exact) mass is 236 g/mol. The molecule has 0 spiro atoms. The lowest BCUT2D eigenvalue weighted by molar-refractivity contribution is 0.357. The second-order valence-electron chi connectivity index (χ2n) is 4.47. The molecular weight excluding hydrogens is 220 g/mol. The average molecular weight is 237 g/mol. The van der Waals surface area contributed by atoms with E-state index in [1.807, 2.05) is 0 Å². The van der Waals surface area contributed by atoms with Crippen LogP contribution < -0.4 is 4.74 Å². The molecule has 0 atom stereocenters. The van der Waals surface area contributed by atoms with Gasteiger partial charge in [0.2, 0.25) is 0 Å². The highest BCUT2D eigenvalue weighted by molar-refractivity contribution is 6.19. The van der Waals surface area contributed by atoms with Gasteiger partial charge in [-0.15, -0.1) is 11.6 Å². The van der Waals surface area contributed by atoms with E-state index in [9.17, 15) is 0 Å². The summed E-state index contributed by atoms with van der Waals surface area (Å²) in [4.78, 5) is 0. The van der Waals surface area contributed by atoms with E-state index < -0.39 is 0 Å². The second-order valence-corrected chi connectivity index (χ2v) is 4.74. The Labute approximate surface area is 102 Å². The molecule has 1 aromatic rings. The number of halogens is 1. The van der Waals surface area contributed by atoms with Gasteiger partial charge in [-0.1, -0.05) is 31.6 Å². The highest BCUT2D eigenvalue weighted by Gasteiger charge is 2.11. The minimum atomic E-state index is 0.502. The van der Waals surface area contributed by atoms with Crippen LogP contribution in [0.4, 0.5) is 0 Å². The molecule has 0 bridgehead atoms. The number of ether oxygens (including phenoxy) is 1. The van der Waals surface area contributed by atoms with Crippen LogP contribution in [0.15, 0.2) is 23.8 Å². The van der Waals surface area contributed by atoms with Crippen molar-refractivity contribution in [3.63, 3.8) is 0 Å². The van der Waals surface area contributed by atoms with E-state index in [2.05, 4.69) is 38.1 Å². The molecule has 1 aromatic carbocycles. The number of hydrogen-bond acceptors (Lipinski definition) is 1. The zero-order valence-electron chi connectivity index (χ0n) is 9.79. The molecule has 1 nitrogen and oxygen atoms in total. The molecular formula is C14H17ClO. The lowest BCUT2D eigenvalue weighted by Crippen LogP contribution is -1.95. The van der Waals surface area contributed by atoms with Gasteiger partial charge in [0, 0.05) is 12.3 Å². The number of allylic oxidation sites excluding steroid dienone is 1. The summed E-state index contributed by atoms with van der Waals surface area (Å²) < 4.78 is 5.49. The summed E-state index contributed by atoms with van der Waals surface area (Å²) in [5, 5.41) is 0. The van der Waals surface area contributed by atoms with Crippen molar-refractivity contribution in [1.29, 1.82) is 0 Å². The maximum atomic E-state index is 5.94. The highest BCUT2D eigenvalue weighted by atomic mass is 35.5. The van der Waals surface area contributed by atoms with E-state index in [1.54, 1.807) is 0 Å². The van der Waals surface area contributed by atoms with Gasteiger partial charge in [0.05, 0.1) is 6.61 Å². The molecule has 0 N–H and O–H groups in total. The van der Waals surface area contributed by atoms with Gasteiger partial charge in [-0.25, -0.2) is 0 Å². The first-order chi connectivity index (χ1) is 7.70. The van der Waals surface area contributed by atoms with Gasteiger partial charge in [-0.05, 0) is 29.2 Å². The Bertz CT molecular complexity index is 407. The normalized spacial score (nSPS) is 15.1. The Morgan fingerprint density at radius 1 is 1.50 bits per heavy atom. The Hall–Kier alpha value is -0.950. The molecule has 1 aliphatic rings. The second kappa shape index (κ2) is 4.92. The molecule has 2 heteroatoms. The van der Waals surface area contributed by atoms with Gasteiger partial charge in [-0.2, -0.15) is 0 Å². The first-order valence-electron chi connectivity index (χ1n) is 5.73. The van der Waals surface area contributed by atoms with E-state index in [4.69, 9.17) is 16.3 Å². The Balaban J connectivity index is 2.28. The molecule has 0 radical (unpaired) electrons. The van der Waals surface area contributed by atoms with Crippen molar-refractivity contribution < 1.29 is 4.74 Å². The van der Waals surface area contributed by atoms with E-state index in [0.29, 0.717) is 11.8 Å². The van der Waals surface area contributed by atoms with Crippen LogP contribution in [0.5, 0.6) is 5.75 Å². The maximum absolute atomic E-state index is 5.94. The van der Waals surface area contributed by atoms with Gasteiger partial charge < -0.3 is 4.74 Å². The summed E-state index contributed by atoms with van der Waals surface area (Å²) in [7, 11) is 0. The fourth-order valence-corrected chi connectivity index (χ4v) is 2.26. The largest absolute Gasteiger partial charge is 0.493 e. The third-order valence-corrected chi connectivity index (χ3v) is 3.27. The first kappa shape index (κ1) is 11.5. The van der Waals surface area contributed by atoms with Crippen molar-refractivity contribution in [2.45, 2.75) is 20.3 Å². The molecule has 86 valence electrons. The van der Waals surface area contributed by atoms with Crippen molar-refractivity contribution >= 4 is 17.7 Å². The first-order valence-corrected chi connectivity index (χ1v) is 6.26. The van der Waals surface area contributed by atoms with Gasteiger partial charge in [0.1, 0.15) is 5.75 Å². The smallest absolute Gasteiger partial charge is 0.122 e. The fourth-order valence-electron chi connectivity index (χ4n) is 1.87. The molecule has 0 amide bonds.